The summed E-state index contributed by atoms with van der Waals surface area (Å²) in [6, 6.07) is 5.75. The van der Waals surface area contributed by atoms with Crippen LogP contribution in [-0.2, 0) is 6.54 Å². The summed E-state index contributed by atoms with van der Waals surface area (Å²) >= 11 is 12.0. The van der Waals surface area contributed by atoms with Crippen LogP contribution in [0.1, 0.15) is 19.0 Å². The second-order valence-corrected chi connectivity index (χ2v) is 4.67. The standard InChI is InChI=1S/C12H14Cl2N2/c1-2-3-15-7-10-5-8-4-9(13)6-11(14)12(8)16-10/h4-6,15-16H,2-3,7H2,1H3. The molecule has 1 aromatic heterocycles. The van der Waals surface area contributed by atoms with E-state index in [9.17, 15) is 0 Å². The summed E-state index contributed by atoms with van der Waals surface area (Å²) in [4.78, 5) is 3.30. The first kappa shape index (κ1) is 11.8. The number of aromatic nitrogens is 1. The Balaban J connectivity index is 2.26. The molecule has 0 spiro atoms. The lowest BCUT2D eigenvalue weighted by Gasteiger charge is -1.99. The van der Waals surface area contributed by atoms with Gasteiger partial charge in [0.1, 0.15) is 0 Å². The van der Waals surface area contributed by atoms with Gasteiger partial charge in [0.05, 0.1) is 10.5 Å². The van der Waals surface area contributed by atoms with E-state index in [1.807, 2.05) is 6.07 Å². The lowest BCUT2D eigenvalue weighted by Crippen LogP contribution is -2.13. The highest BCUT2D eigenvalue weighted by molar-refractivity contribution is 6.38. The van der Waals surface area contributed by atoms with Gasteiger partial charge in [0.2, 0.25) is 0 Å². The minimum atomic E-state index is 0.671. The topological polar surface area (TPSA) is 27.8 Å². The molecule has 86 valence electrons. The summed E-state index contributed by atoms with van der Waals surface area (Å²) in [6.45, 7) is 4.00. The minimum absolute atomic E-state index is 0.671. The molecule has 0 saturated heterocycles. The Morgan fingerprint density at radius 3 is 2.81 bits per heavy atom. The smallest absolute Gasteiger partial charge is 0.0661 e. The van der Waals surface area contributed by atoms with Crippen molar-refractivity contribution in [3.8, 4) is 0 Å². The Morgan fingerprint density at radius 1 is 1.25 bits per heavy atom. The third kappa shape index (κ3) is 2.51. The molecule has 0 radical (unpaired) electrons. The van der Waals surface area contributed by atoms with Crippen LogP contribution in [0, 0.1) is 0 Å². The number of nitrogens with one attached hydrogen (secondary N) is 2. The van der Waals surface area contributed by atoms with Crippen LogP contribution in [0.15, 0.2) is 18.2 Å². The summed E-state index contributed by atoms with van der Waals surface area (Å²) in [5, 5.41) is 5.74. The van der Waals surface area contributed by atoms with Crippen LogP contribution in [-0.4, -0.2) is 11.5 Å². The molecule has 0 aliphatic carbocycles. The fraction of sp³-hybridized carbons (Fsp3) is 0.333. The second-order valence-electron chi connectivity index (χ2n) is 3.82. The average Bonchev–Trinajstić information content (AvgIpc) is 2.61. The van der Waals surface area contributed by atoms with Crippen molar-refractivity contribution in [1.29, 1.82) is 0 Å². The molecule has 2 nitrogen and oxygen atoms in total. The van der Waals surface area contributed by atoms with Crippen LogP contribution >= 0.6 is 23.2 Å². The highest BCUT2D eigenvalue weighted by Gasteiger charge is 2.05. The number of hydrogen-bond donors (Lipinski definition) is 2. The van der Waals surface area contributed by atoms with E-state index in [2.05, 4.69) is 23.3 Å². The highest BCUT2D eigenvalue weighted by atomic mass is 35.5. The average molecular weight is 257 g/mol. The first-order chi connectivity index (χ1) is 7.70. The van der Waals surface area contributed by atoms with Crippen molar-refractivity contribution in [3.63, 3.8) is 0 Å². The van der Waals surface area contributed by atoms with Gasteiger partial charge in [-0.15, -0.1) is 0 Å². The van der Waals surface area contributed by atoms with Crippen LogP contribution < -0.4 is 5.32 Å². The lowest BCUT2D eigenvalue weighted by molar-refractivity contribution is 0.667. The summed E-state index contributed by atoms with van der Waals surface area (Å²) in [7, 11) is 0. The molecule has 0 fully saturated rings. The van der Waals surface area contributed by atoms with E-state index in [1.54, 1.807) is 6.07 Å². The molecule has 0 aliphatic rings. The monoisotopic (exact) mass is 256 g/mol. The van der Waals surface area contributed by atoms with Crippen LogP contribution in [0.3, 0.4) is 0 Å². The molecule has 0 bridgehead atoms. The lowest BCUT2D eigenvalue weighted by atomic mass is 10.2. The molecule has 2 N–H and O–H groups in total. The second kappa shape index (κ2) is 5.09. The minimum Gasteiger partial charge on any atom is -0.356 e. The first-order valence-electron chi connectivity index (χ1n) is 5.38. The quantitative estimate of drug-likeness (QED) is 0.797. The van der Waals surface area contributed by atoms with Gasteiger partial charge in [-0.25, -0.2) is 0 Å². The Morgan fingerprint density at radius 2 is 2.06 bits per heavy atom. The molecule has 16 heavy (non-hydrogen) atoms. The summed E-state index contributed by atoms with van der Waals surface area (Å²) in [5.41, 5.74) is 2.09. The van der Waals surface area contributed by atoms with Crippen molar-refractivity contribution in [2.75, 3.05) is 6.54 Å². The molecule has 1 aromatic carbocycles. The molecule has 4 heteroatoms. The van der Waals surface area contributed by atoms with Crippen molar-refractivity contribution >= 4 is 34.1 Å². The van der Waals surface area contributed by atoms with Gasteiger partial charge < -0.3 is 10.3 Å². The third-order valence-electron chi connectivity index (χ3n) is 2.44. The van der Waals surface area contributed by atoms with Gasteiger partial charge in [0.25, 0.3) is 0 Å². The van der Waals surface area contributed by atoms with Crippen LogP contribution in [0.25, 0.3) is 10.9 Å². The number of aromatic amines is 1. The van der Waals surface area contributed by atoms with Crippen molar-refractivity contribution in [3.05, 3.63) is 33.9 Å². The number of fused-ring (bicyclic) bond motifs is 1. The number of H-pyrrole nitrogens is 1. The van der Waals surface area contributed by atoms with E-state index in [-0.39, 0.29) is 0 Å². The van der Waals surface area contributed by atoms with E-state index in [0.29, 0.717) is 10.0 Å². The molecule has 2 rings (SSSR count). The van der Waals surface area contributed by atoms with Crippen LogP contribution in [0.2, 0.25) is 10.0 Å². The van der Waals surface area contributed by atoms with E-state index in [1.165, 1.54) is 0 Å². The maximum atomic E-state index is 6.10. The number of halogens is 2. The zero-order valence-electron chi connectivity index (χ0n) is 9.11. The van der Waals surface area contributed by atoms with Gasteiger partial charge in [0, 0.05) is 22.6 Å². The maximum Gasteiger partial charge on any atom is 0.0661 e. The van der Waals surface area contributed by atoms with Gasteiger partial charge >= 0.3 is 0 Å². The summed E-state index contributed by atoms with van der Waals surface area (Å²) < 4.78 is 0. The zero-order chi connectivity index (χ0) is 11.5. The van der Waals surface area contributed by atoms with Gasteiger partial charge in [0.15, 0.2) is 0 Å². The van der Waals surface area contributed by atoms with Gasteiger partial charge in [-0.2, -0.15) is 0 Å². The normalized spacial score (nSPS) is 11.2. The molecular formula is C12H14Cl2N2. The predicted molar refractivity (Wildman–Crippen MR) is 70.3 cm³/mol. The molecule has 0 amide bonds. The molecule has 0 aliphatic heterocycles. The maximum absolute atomic E-state index is 6.10. The molecule has 1 heterocycles. The molecule has 0 atom stereocenters. The fourth-order valence-electron chi connectivity index (χ4n) is 1.72. The Hall–Kier alpha value is -0.700. The van der Waals surface area contributed by atoms with Crippen molar-refractivity contribution in [2.24, 2.45) is 0 Å². The van der Waals surface area contributed by atoms with Gasteiger partial charge in [-0.1, -0.05) is 30.1 Å². The van der Waals surface area contributed by atoms with E-state index < -0.39 is 0 Å². The number of hydrogen-bond acceptors (Lipinski definition) is 1. The Labute approximate surface area is 105 Å². The largest absolute Gasteiger partial charge is 0.356 e. The summed E-state index contributed by atoms with van der Waals surface area (Å²) in [6.07, 6.45) is 1.13. The van der Waals surface area contributed by atoms with Crippen molar-refractivity contribution < 1.29 is 0 Å². The Kier molecular flexibility index (Phi) is 3.74. The fourth-order valence-corrected chi connectivity index (χ4v) is 2.28. The number of benzene rings is 1. The SMILES string of the molecule is CCCNCc1cc2cc(Cl)cc(Cl)c2[nH]1. The van der Waals surface area contributed by atoms with Gasteiger partial charge in [-0.3, -0.25) is 0 Å². The summed E-state index contributed by atoms with van der Waals surface area (Å²) in [5.74, 6) is 0. The van der Waals surface area contributed by atoms with E-state index in [4.69, 9.17) is 23.2 Å². The molecule has 2 aromatic rings. The van der Waals surface area contributed by atoms with Crippen molar-refractivity contribution in [2.45, 2.75) is 19.9 Å². The van der Waals surface area contributed by atoms with Crippen molar-refractivity contribution in [1.82, 2.24) is 10.3 Å². The van der Waals surface area contributed by atoms with E-state index in [0.717, 1.165) is 36.1 Å². The van der Waals surface area contributed by atoms with E-state index >= 15 is 0 Å². The van der Waals surface area contributed by atoms with Crippen LogP contribution in [0.5, 0.6) is 0 Å². The van der Waals surface area contributed by atoms with Gasteiger partial charge in [-0.05, 0) is 31.2 Å². The molecule has 0 saturated carbocycles. The highest BCUT2D eigenvalue weighted by Crippen LogP contribution is 2.27. The van der Waals surface area contributed by atoms with Crippen LogP contribution in [0.4, 0.5) is 0 Å². The zero-order valence-corrected chi connectivity index (χ0v) is 10.6. The Bertz CT molecular complexity index is 491. The molecular weight excluding hydrogens is 243 g/mol. The number of rotatable bonds is 4. The first-order valence-corrected chi connectivity index (χ1v) is 6.13. The molecule has 0 unspecified atom stereocenters. The predicted octanol–water partition coefficient (Wildman–Crippen LogP) is 3.97. The third-order valence-corrected chi connectivity index (χ3v) is 2.96.